The Hall–Kier alpha value is -4.82. The maximum absolute atomic E-state index is 11.8. The molecule has 0 aliphatic heterocycles. The van der Waals surface area contributed by atoms with Crippen LogP contribution >= 0.6 is 23.2 Å². The summed E-state index contributed by atoms with van der Waals surface area (Å²) < 4.78 is 13.1. The van der Waals surface area contributed by atoms with Gasteiger partial charge in [-0.15, -0.1) is 0 Å². The van der Waals surface area contributed by atoms with E-state index in [9.17, 15) is 9.59 Å². The van der Waals surface area contributed by atoms with Gasteiger partial charge in [0, 0.05) is 33.6 Å². The standard InChI is InChI=1S/C15H12ClN3O2.C10H11N3O2.C6H6BClO2/c1-2-21-15(20)13-6-7-19-14(18-13)12(9-17-19)10-4-3-5-11(16)8-10;1-3-15-10(14)8-4-5-13-9(12-8)7(2)6-11-13;8-6-3-1-2-5(4-6)7(9)10/h3-9H,2H2,1H3;4-6H,3H2,1-2H3;1-4,9-10H. The minimum atomic E-state index is -1.43. The minimum absolute atomic E-state index is 0.258. The molecule has 2 aromatic carbocycles. The van der Waals surface area contributed by atoms with E-state index in [0.29, 0.717) is 45.7 Å². The summed E-state index contributed by atoms with van der Waals surface area (Å²) in [7, 11) is -1.43. The van der Waals surface area contributed by atoms with Gasteiger partial charge in [0.2, 0.25) is 0 Å². The Bertz CT molecular complexity index is 1970. The number of nitrogens with zero attached hydrogens (tertiary/aromatic N) is 6. The fourth-order valence-corrected chi connectivity index (χ4v) is 4.41. The monoisotopic (exact) mass is 662 g/mol. The van der Waals surface area contributed by atoms with Crippen LogP contribution in [-0.2, 0) is 9.47 Å². The number of carbonyl (C=O) groups excluding carboxylic acids is 2. The Morgan fingerprint density at radius 1 is 0.783 bits per heavy atom. The number of rotatable bonds is 6. The van der Waals surface area contributed by atoms with Gasteiger partial charge < -0.3 is 19.5 Å². The van der Waals surface area contributed by atoms with Gasteiger partial charge in [-0.05, 0) is 68.2 Å². The average molecular weight is 663 g/mol. The van der Waals surface area contributed by atoms with E-state index in [-0.39, 0.29) is 5.69 Å². The van der Waals surface area contributed by atoms with E-state index in [4.69, 9.17) is 42.7 Å². The molecule has 0 bridgehead atoms. The highest BCUT2D eigenvalue weighted by Gasteiger charge is 2.14. The first-order valence-corrected chi connectivity index (χ1v) is 14.7. The molecule has 46 heavy (non-hydrogen) atoms. The van der Waals surface area contributed by atoms with Crippen LogP contribution in [0.1, 0.15) is 40.4 Å². The highest BCUT2D eigenvalue weighted by Crippen LogP contribution is 2.26. The Balaban J connectivity index is 0.000000168. The summed E-state index contributed by atoms with van der Waals surface area (Å²) in [4.78, 5) is 31.7. The fraction of sp³-hybridized carbons (Fsp3) is 0.161. The molecule has 236 valence electrons. The predicted molar refractivity (Wildman–Crippen MR) is 174 cm³/mol. The van der Waals surface area contributed by atoms with Crippen LogP contribution in [0.15, 0.2) is 85.5 Å². The molecule has 0 saturated carbocycles. The summed E-state index contributed by atoms with van der Waals surface area (Å²) >= 11 is 11.6. The molecule has 15 heteroatoms. The molecule has 2 N–H and O–H groups in total. The molecule has 0 spiro atoms. The van der Waals surface area contributed by atoms with Crippen molar-refractivity contribution in [3.05, 3.63) is 112 Å². The Labute approximate surface area is 274 Å². The second kappa shape index (κ2) is 16.0. The fourth-order valence-electron chi connectivity index (χ4n) is 4.02. The van der Waals surface area contributed by atoms with Gasteiger partial charge in [-0.25, -0.2) is 28.6 Å². The van der Waals surface area contributed by atoms with E-state index >= 15 is 0 Å². The first-order chi connectivity index (χ1) is 22.1. The molecule has 0 saturated heterocycles. The average Bonchev–Trinajstić information content (AvgIpc) is 3.64. The number of ether oxygens (including phenoxy) is 2. The van der Waals surface area contributed by atoms with Crippen molar-refractivity contribution in [3.63, 3.8) is 0 Å². The Morgan fingerprint density at radius 2 is 1.33 bits per heavy atom. The van der Waals surface area contributed by atoms with Crippen LogP contribution in [0.3, 0.4) is 0 Å². The lowest BCUT2D eigenvalue weighted by Crippen LogP contribution is -2.29. The third-order valence-corrected chi connectivity index (χ3v) is 6.64. The van der Waals surface area contributed by atoms with Crippen molar-refractivity contribution in [2.45, 2.75) is 20.8 Å². The molecule has 0 unspecified atom stereocenters. The third-order valence-electron chi connectivity index (χ3n) is 6.17. The second-order valence-corrected chi connectivity index (χ2v) is 10.3. The van der Waals surface area contributed by atoms with Gasteiger partial charge in [0.1, 0.15) is 0 Å². The van der Waals surface area contributed by atoms with Gasteiger partial charge in [-0.3, -0.25) is 0 Å². The molecule has 0 radical (unpaired) electrons. The van der Waals surface area contributed by atoms with Gasteiger partial charge in [0.15, 0.2) is 22.7 Å². The zero-order valence-corrected chi connectivity index (χ0v) is 26.6. The number of esters is 2. The highest BCUT2D eigenvalue weighted by molar-refractivity contribution is 6.59. The quantitative estimate of drug-likeness (QED) is 0.193. The van der Waals surface area contributed by atoms with Crippen molar-refractivity contribution >= 4 is 59.0 Å². The van der Waals surface area contributed by atoms with Crippen molar-refractivity contribution in [2.75, 3.05) is 13.2 Å². The van der Waals surface area contributed by atoms with Crippen LogP contribution in [0.25, 0.3) is 22.4 Å². The number of fused-ring (bicyclic) bond motifs is 2. The zero-order valence-electron chi connectivity index (χ0n) is 25.0. The first kappa shape index (κ1) is 34.1. The van der Waals surface area contributed by atoms with Crippen molar-refractivity contribution < 1.29 is 29.1 Å². The van der Waals surface area contributed by atoms with Crippen LogP contribution in [0, 0.1) is 6.92 Å². The summed E-state index contributed by atoms with van der Waals surface area (Å²) in [6.07, 6.45) is 6.78. The maximum Gasteiger partial charge on any atom is 0.488 e. The lowest BCUT2D eigenvalue weighted by molar-refractivity contribution is 0.0510. The number of hydrogen-bond acceptors (Lipinski definition) is 10. The van der Waals surface area contributed by atoms with Gasteiger partial charge in [0.25, 0.3) is 0 Å². The molecule has 0 fully saturated rings. The lowest BCUT2D eigenvalue weighted by Gasteiger charge is -2.03. The van der Waals surface area contributed by atoms with Crippen LogP contribution in [-0.4, -0.2) is 71.5 Å². The number of aryl methyl sites for hydroxylation is 1. The second-order valence-electron chi connectivity index (χ2n) is 9.43. The van der Waals surface area contributed by atoms with E-state index in [1.54, 1.807) is 84.1 Å². The van der Waals surface area contributed by atoms with E-state index < -0.39 is 19.1 Å². The molecule has 0 aliphatic carbocycles. The predicted octanol–water partition coefficient (Wildman–Crippen LogP) is 4.46. The summed E-state index contributed by atoms with van der Waals surface area (Å²) in [5.74, 6) is -0.848. The number of aromatic nitrogens is 6. The third kappa shape index (κ3) is 8.67. The summed E-state index contributed by atoms with van der Waals surface area (Å²) in [6.45, 7) is 6.08. The zero-order chi connectivity index (χ0) is 33.2. The molecular weight excluding hydrogens is 634 g/mol. The van der Waals surface area contributed by atoms with Crippen LogP contribution in [0.5, 0.6) is 0 Å². The molecule has 6 rings (SSSR count). The minimum Gasteiger partial charge on any atom is -0.461 e. The van der Waals surface area contributed by atoms with E-state index in [1.807, 2.05) is 25.1 Å². The topological polar surface area (TPSA) is 153 Å². The Kier molecular flexibility index (Phi) is 11.8. The largest absolute Gasteiger partial charge is 0.488 e. The summed E-state index contributed by atoms with van der Waals surface area (Å²) in [5, 5.41) is 26.7. The summed E-state index contributed by atoms with van der Waals surface area (Å²) in [5.41, 5.74) is 4.88. The highest BCUT2D eigenvalue weighted by atomic mass is 35.5. The summed E-state index contributed by atoms with van der Waals surface area (Å²) in [6, 6.07) is 17.0. The molecule has 0 amide bonds. The smallest absolute Gasteiger partial charge is 0.461 e. The van der Waals surface area contributed by atoms with E-state index in [0.717, 1.165) is 16.7 Å². The molecule has 4 aromatic heterocycles. The van der Waals surface area contributed by atoms with Gasteiger partial charge in [-0.1, -0.05) is 47.5 Å². The van der Waals surface area contributed by atoms with Gasteiger partial charge in [-0.2, -0.15) is 10.2 Å². The van der Waals surface area contributed by atoms with Crippen molar-refractivity contribution in [1.82, 2.24) is 29.2 Å². The van der Waals surface area contributed by atoms with Gasteiger partial charge in [0.05, 0.1) is 25.6 Å². The van der Waals surface area contributed by atoms with Crippen molar-refractivity contribution in [3.8, 4) is 11.1 Å². The molecule has 4 heterocycles. The molecular formula is C31H29BCl2N6O6. The van der Waals surface area contributed by atoms with E-state index in [1.165, 1.54) is 6.07 Å². The maximum atomic E-state index is 11.8. The molecule has 12 nitrogen and oxygen atoms in total. The number of hydrogen-bond donors (Lipinski definition) is 2. The van der Waals surface area contributed by atoms with Crippen molar-refractivity contribution in [2.24, 2.45) is 0 Å². The number of carbonyl (C=O) groups is 2. The molecule has 6 aromatic rings. The van der Waals surface area contributed by atoms with Crippen LogP contribution in [0.4, 0.5) is 0 Å². The Morgan fingerprint density at radius 3 is 1.87 bits per heavy atom. The normalized spacial score (nSPS) is 10.4. The molecule has 0 aliphatic rings. The van der Waals surface area contributed by atoms with Gasteiger partial charge >= 0.3 is 19.1 Å². The van der Waals surface area contributed by atoms with E-state index in [2.05, 4.69) is 20.2 Å². The van der Waals surface area contributed by atoms with Crippen LogP contribution in [0.2, 0.25) is 10.0 Å². The number of benzene rings is 2. The lowest BCUT2D eigenvalue weighted by atomic mass is 9.81. The first-order valence-electron chi connectivity index (χ1n) is 14.0. The SMILES string of the molecule is CCOC(=O)c1ccn2ncc(-c3cccc(Cl)c3)c2n1.CCOC(=O)c1ccn2ncc(C)c2n1.OB(O)c1cccc(Cl)c1. The van der Waals surface area contributed by atoms with Crippen molar-refractivity contribution in [1.29, 1.82) is 0 Å². The van der Waals surface area contributed by atoms with Crippen LogP contribution < -0.4 is 5.46 Å². The molecule has 0 atom stereocenters. The number of halogens is 2.